The van der Waals surface area contributed by atoms with Crippen LogP contribution in [0.3, 0.4) is 0 Å². The van der Waals surface area contributed by atoms with E-state index in [9.17, 15) is 9.59 Å². The van der Waals surface area contributed by atoms with Gasteiger partial charge < -0.3 is 15.1 Å². The lowest BCUT2D eigenvalue weighted by molar-refractivity contribution is -0.130. The van der Waals surface area contributed by atoms with Gasteiger partial charge in [0, 0.05) is 33.2 Å². The van der Waals surface area contributed by atoms with E-state index in [0.717, 1.165) is 28.1 Å². The number of benzene rings is 1. The number of hydrogen-bond donors (Lipinski definition) is 1. The van der Waals surface area contributed by atoms with E-state index in [4.69, 9.17) is 0 Å². The molecule has 0 atom stereocenters. The number of amides is 2. The molecule has 144 valence electrons. The molecule has 0 unspecified atom stereocenters. The van der Waals surface area contributed by atoms with Crippen molar-refractivity contribution >= 4 is 40.0 Å². The van der Waals surface area contributed by atoms with Crippen molar-refractivity contribution < 1.29 is 9.59 Å². The molecule has 0 radical (unpaired) electrons. The molecule has 0 saturated carbocycles. The van der Waals surface area contributed by atoms with Crippen LogP contribution in [0.1, 0.15) is 11.1 Å². The maximum Gasteiger partial charge on any atom is 0.230 e. The number of aromatic nitrogens is 2. The Morgan fingerprint density at radius 1 is 1.22 bits per heavy atom. The minimum atomic E-state index is -0.0301. The van der Waals surface area contributed by atoms with E-state index in [0.29, 0.717) is 25.3 Å². The predicted molar refractivity (Wildman–Crippen MR) is 108 cm³/mol. The van der Waals surface area contributed by atoms with E-state index in [-0.39, 0.29) is 11.8 Å². The van der Waals surface area contributed by atoms with Gasteiger partial charge in [-0.1, -0.05) is 52.9 Å². The summed E-state index contributed by atoms with van der Waals surface area (Å²) in [6, 6.07) is 8.09. The van der Waals surface area contributed by atoms with Crippen molar-refractivity contribution in [1.29, 1.82) is 0 Å². The Kier molecular flexibility index (Phi) is 6.68. The van der Waals surface area contributed by atoms with Crippen molar-refractivity contribution in [3.8, 4) is 0 Å². The molecule has 1 aromatic heterocycles. The molecule has 1 aromatic carbocycles. The molecular weight excluding hydrogens is 382 g/mol. The fraction of sp³-hybridized carbons (Fsp3) is 0.444. The normalized spacial score (nSPS) is 14.3. The second-order valence-electron chi connectivity index (χ2n) is 6.35. The van der Waals surface area contributed by atoms with Gasteiger partial charge in [-0.15, -0.1) is 10.2 Å². The summed E-state index contributed by atoms with van der Waals surface area (Å²) in [7, 11) is 1.62. The number of carbonyl (C=O) groups excluding carboxylic acids is 2. The smallest absolute Gasteiger partial charge is 0.230 e. The average Bonchev–Trinajstić information content (AvgIpc) is 3.15. The highest BCUT2D eigenvalue weighted by Gasteiger charge is 2.23. The maximum atomic E-state index is 12.5. The molecular formula is C18H23N5O2S2. The van der Waals surface area contributed by atoms with Crippen LogP contribution in [0.15, 0.2) is 28.6 Å². The molecule has 0 bridgehead atoms. The minimum Gasteiger partial charge on any atom is -0.358 e. The van der Waals surface area contributed by atoms with Crippen LogP contribution >= 0.6 is 23.1 Å². The third-order valence-corrected chi connectivity index (χ3v) is 6.46. The summed E-state index contributed by atoms with van der Waals surface area (Å²) in [4.78, 5) is 27.9. The third kappa shape index (κ3) is 5.43. The fourth-order valence-electron chi connectivity index (χ4n) is 2.84. The van der Waals surface area contributed by atoms with E-state index in [2.05, 4.69) is 26.5 Å². The predicted octanol–water partition coefficient (Wildman–Crippen LogP) is 1.58. The van der Waals surface area contributed by atoms with Crippen molar-refractivity contribution in [3.05, 3.63) is 35.4 Å². The van der Waals surface area contributed by atoms with Gasteiger partial charge in [0.05, 0.1) is 12.2 Å². The number of anilines is 1. The largest absolute Gasteiger partial charge is 0.358 e. The number of carbonyl (C=O) groups is 2. The second kappa shape index (κ2) is 9.18. The first-order valence-corrected chi connectivity index (χ1v) is 10.6. The Morgan fingerprint density at radius 3 is 2.70 bits per heavy atom. The lowest BCUT2D eigenvalue weighted by Gasteiger charge is -2.34. The van der Waals surface area contributed by atoms with Crippen LogP contribution in [0, 0.1) is 6.92 Å². The monoisotopic (exact) mass is 405 g/mol. The standard InChI is InChI=1S/C18H23N5O2S2/c1-13-4-3-5-14(10-13)11-16(25)22-6-8-23(9-7-22)17-20-21-18(27-17)26-12-15(24)19-2/h3-5,10H,6-9,11-12H2,1-2H3,(H,19,24). The van der Waals surface area contributed by atoms with Crippen molar-refractivity contribution in [1.82, 2.24) is 20.4 Å². The zero-order valence-corrected chi connectivity index (χ0v) is 17.1. The molecule has 0 spiro atoms. The summed E-state index contributed by atoms with van der Waals surface area (Å²) in [5.74, 6) is 0.476. The number of hydrogen-bond acceptors (Lipinski definition) is 7. The Labute approximate surface area is 167 Å². The highest BCUT2D eigenvalue weighted by molar-refractivity contribution is 8.01. The number of piperazine rings is 1. The van der Waals surface area contributed by atoms with Crippen molar-refractivity contribution in [2.45, 2.75) is 17.7 Å². The van der Waals surface area contributed by atoms with Crippen LogP contribution in [-0.4, -0.2) is 65.9 Å². The molecule has 1 saturated heterocycles. The van der Waals surface area contributed by atoms with E-state index in [1.54, 1.807) is 7.05 Å². The van der Waals surface area contributed by atoms with Crippen LogP contribution in [-0.2, 0) is 16.0 Å². The Balaban J connectivity index is 1.49. The van der Waals surface area contributed by atoms with Crippen LogP contribution in [0.5, 0.6) is 0 Å². The van der Waals surface area contributed by atoms with Gasteiger partial charge in [-0.25, -0.2) is 0 Å². The minimum absolute atomic E-state index is 0.0301. The summed E-state index contributed by atoms with van der Waals surface area (Å²) in [5, 5.41) is 11.8. The SMILES string of the molecule is CNC(=O)CSc1nnc(N2CCN(C(=O)Cc3cccc(C)c3)CC2)s1. The van der Waals surface area contributed by atoms with Crippen LogP contribution in [0.2, 0.25) is 0 Å². The second-order valence-corrected chi connectivity index (χ2v) is 8.52. The van der Waals surface area contributed by atoms with Crippen LogP contribution < -0.4 is 10.2 Å². The molecule has 7 nitrogen and oxygen atoms in total. The molecule has 1 aliphatic heterocycles. The zero-order chi connectivity index (χ0) is 19.2. The average molecular weight is 406 g/mol. The first-order valence-electron chi connectivity index (χ1n) is 8.80. The first kappa shape index (κ1) is 19.6. The molecule has 1 aliphatic rings. The van der Waals surface area contributed by atoms with Gasteiger partial charge in [-0.3, -0.25) is 9.59 Å². The number of nitrogens with one attached hydrogen (secondary N) is 1. The van der Waals surface area contributed by atoms with Gasteiger partial charge >= 0.3 is 0 Å². The van der Waals surface area contributed by atoms with E-state index in [1.165, 1.54) is 28.7 Å². The summed E-state index contributed by atoms with van der Waals surface area (Å²) in [6.07, 6.45) is 0.445. The van der Waals surface area contributed by atoms with Gasteiger partial charge in [-0.05, 0) is 12.5 Å². The summed E-state index contributed by atoms with van der Waals surface area (Å²) >= 11 is 2.88. The summed E-state index contributed by atoms with van der Waals surface area (Å²) in [6.45, 7) is 4.90. The Bertz CT molecular complexity index is 803. The number of rotatable bonds is 6. The Morgan fingerprint density at radius 2 is 2.00 bits per heavy atom. The number of aryl methyl sites for hydroxylation is 1. The van der Waals surface area contributed by atoms with Crippen LogP contribution in [0.25, 0.3) is 0 Å². The van der Waals surface area contributed by atoms with Gasteiger partial charge in [0.25, 0.3) is 0 Å². The molecule has 0 aliphatic carbocycles. The lowest BCUT2D eigenvalue weighted by Crippen LogP contribution is -2.49. The molecule has 1 fully saturated rings. The Hall–Kier alpha value is -2.13. The molecule has 9 heteroatoms. The maximum absolute atomic E-state index is 12.5. The van der Waals surface area contributed by atoms with E-state index in [1.807, 2.05) is 30.0 Å². The first-order chi connectivity index (χ1) is 13.0. The number of thioether (sulfide) groups is 1. The highest BCUT2D eigenvalue weighted by atomic mass is 32.2. The molecule has 27 heavy (non-hydrogen) atoms. The lowest BCUT2D eigenvalue weighted by atomic mass is 10.1. The van der Waals surface area contributed by atoms with Gasteiger partial charge in [0.15, 0.2) is 4.34 Å². The highest BCUT2D eigenvalue weighted by Crippen LogP contribution is 2.28. The van der Waals surface area contributed by atoms with E-state index < -0.39 is 0 Å². The topological polar surface area (TPSA) is 78.4 Å². The fourth-order valence-corrected chi connectivity index (χ4v) is 4.61. The van der Waals surface area contributed by atoms with E-state index >= 15 is 0 Å². The van der Waals surface area contributed by atoms with Crippen molar-refractivity contribution in [2.75, 3.05) is 43.9 Å². The van der Waals surface area contributed by atoms with Gasteiger partial charge in [-0.2, -0.15) is 0 Å². The van der Waals surface area contributed by atoms with Crippen molar-refractivity contribution in [2.24, 2.45) is 0 Å². The molecule has 1 N–H and O–H groups in total. The summed E-state index contributed by atoms with van der Waals surface area (Å²) in [5.41, 5.74) is 2.23. The van der Waals surface area contributed by atoms with Crippen molar-refractivity contribution in [3.63, 3.8) is 0 Å². The summed E-state index contributed by atoms with van der Waals surface area (Å²) < 4.78 is 0.784. The number of nitrogens with zero attached hydrogens (tertiary/aromatic N) is 4. The molecule has 2 amide bonds. The molecule has 2 heterocycles. The quantitative estimate of drug-likeness (QED) is 0.735. The molecule has 3 rings (SSSR count). The van der Waals surface area contributed by atoms with Gasteiger partial charge in [0.1, 0.15) is 0 Å². The van der Waals surface area contributed by atoms with Crippen LogP contribution in [0.4, 0.5) is 5.13 Å². The molecule has 2 aromatic rings. The van der Waals surface area contributed by atoms with Gasteiger partial charge in [0.2, 0.25) is 16.9 Å². The third-order valence-electron chi connectivity index (χ3n) is 4.34. The zero-order valence-electron chi connectivity index (χ0n) is 15.5.